The van der Waals surface area contributed by atoms with Gasteiger partial charge >= 0.3 is 5.97 Å². The molecule has 1 fully saturated rings. The molecule has 0 radical (unpaired) electrons. The number of hydrogen-bond acceptors (Lipinski definition) is 3. The third-order valence-electron chi connectivity index (χ3n) is 4.46. The van der Waals surface area contributed by atoms with Crippen molar-refractivity contribution in [3.05, 3.63) is 41.5 Å². The largest absolute Gasteiger partial charge is 0.507 e. The Balaban J connectivity index is 1.99. The number of aryl methyl sites for hydroxylation is 1. The molecule has 2 N–H and O–H groups in total. The first-order valence-corrected chi connectivity index (χ1v) is 6.74. The van der Waals surface area contributed by atoms with E-state index in [0.717, 1.165) is 12.0 Å². The molecule has 4 nitrogen and oxygen atoms in total. The molecule has 0 heterocycles. The van der Waals surface area contributed by atoms with Gasteiger partial charge in [0.1, 0.15) is 5.75 Å². The first-order chi connectivity index (χ1) is 9.49. The maximum absolute atomic E-state index is 12.7. The molecule has 4 atom stereocenters. The minimum Gasteiger partial charge on any atom is -0.507 e. The van der Waals surface area contributed by atoms with Crippen molar-refractivity contribution < 1.29 is 19.8 Å². The Hall–Kier alpha value is -2.10. The van der Waals surface area contributed by atoms with Gasteiger partial charge in [-0.25, -0.2) is 0 Å². The Morgan fingerprint density at radius 2 is 1.80 bits per heavy atom. The number of fused-ring (bicyclic) bond motifs is 2. The summed E-state index contributed by atoms with van der Waals surface area (Å²) in [5.41, 5.74) is 1.11. The lowest BCUT2D eigenvalue weighted by Gasteiger charge is -2.24. The smallest absolute Gasteiger partial charge is 0.307 e. The maximum Gasteiger partial charge on any atom is 0.307 e. The van der Waals surface area contributed by atoms with Gasteiger partial charge in [-0.05, 0) is 37.3 Å². The van der Waals surface area contributed by atoms with Gasteiger partial charge in [0.2, 0.25) is 0 Å². The maximum atomic E-state index is 12.7. The molecule has 4 heteroatoms. The molecule has 104 valence electrons. The highest BCUT2D eigenvalue weighted by molar-refractivity contribution is 6.03. The first kappa shape index (κ1) is 12.9. The number of carboxylic acid groups (broad SMARTS) is 1. The van der Waals surface area contributed by atoms with E-state index in [9.17, 15) is 19.8 Å². The van der Waals surface area contributed by atoms with E-state index in [-0.39, 0.29) is 28.9 Å². The molecule has 0 aliphatic heterocycles. The van der Waals surface area contributed by atoms with Gasteiger partial charge in [-0.15, -0.1) is 0 Å². The lowest BCUT2D eigenvalue weighted by Crippen LogP contribution is -2.33. The molecule has 3 rings (SSSR count). The molecule has 2 bridgehead atoms. The summed E-state index contributed by atoms with van der Waals surface area (Å²) in [5, 5.41) is 19.3. The first-order valence-electron chi connectivity index (χ1n) is 6.74. The van der Waals surface area contributed by atoms with Crippen LogP contribution in [0.2, 0.25) is 0 Å². The fourth-order valence-corrected chi connectivity index (χ4v) is 3.54. The fraction of sp³-hybridized carbons (Fsp3) is 0.375. The van der Waals surface area contributed by atoms with Crippen LogP contribution in [-0.2, 0) is 4.79 Å². The summed E-state index contributed by atoms with van der Waals surface area (Å²) in [4.78, 5) is 24.1. The van der Waals surface area contributed by atoms with Crippen LogP contribution in [-0.4, -0.2) is 22.0 Å². The number of phenols is 1. The van der Waals surface area contributed by atoms with Gasteiger partial charge in [0.15, 0.2) is 5.78 Å². The highest BCUT2D eigenvalue weighted by atomic mass is 16.4. The quantitative estimate of drug-likeness (QED) is 0.654. The summed E-state index contributed by atoms with van der Waals surface area (Å²) in [6.45, 7) is 1.84. The monoisotopic (exact) mass is 272 g/mol. The fourth-order valence-electron chi connectivity index (χ4n) is 3.54. The van der Waals surface area contributed by atoms with E-state index in [2.05, 4.69) is 0 Å². The van der Waals surface area contributed by atoms with Crippen LogP contribution in [0.3, 0.4) is 0 Å². The van der Waals surface area contributed by atoms with Crippen LogP contribution in [0.5, 0.6) is 5.75 Å². The van der Waals surface area contributed by atoms with Gasteiger partial charge in [0.05, 0.1) is 11.5 Å². The van der Waals surface area contributed by atoms with Crippen molar-refractivity contribution in [3.8, 4) is 5.75 Å². The van der Waals surface area contributed by atoms with E-state index in [1.807, 2.05) is 19.1 Å². The SMILES string of the molecule is Cc1ccc(O)c(C(=O)[C@H]2[C@@H](C(=O)O)[C@H]3C=C[C@H]2C3)c1. The summed E-state index contributed by atoms with van der Waals surface area (Å²) in [7, 11) is 0. The van der Waals surface area contributed by atoms with E-state index >= 15 is 0 Å². The van der Waals surface area contributed by atoms with Crippen molar-refractivity contribution >= 4 is 11.8 Å². The Bertz CT molecular complexity index is 617. The van der Waals surface area contributed by atoms with Gasteiger partial charge in [-0.3, -0.25) is 9.59 Å². The Labute approximate surface area is 116 Å². The third-order valence-corrected chi connectivity index (χ3v) is 4.46. The lowest BCUT2D eigenvalue weighted by molar-refractivity contribution is -0.143. The molecule has 2 aliphatic rings. The second-order valence-electron chi connectivity index (χ2n) is 5.72. The van der Waals surface area contributed by atoms with Gasteiger partial charge < -0.3 is 10.2 Å². The molecule has 0 unspecified atom stereocenters. The van der Waals surface area contributed by atoms with Crippen LogP contribution in [0.4, 0.5) is 0 Å². The molecule has 20 heavy (non-hydrogen) atoms. The lowest BCUT2D eigenvalue weighted by atomic mass is 9.78. The van der Waals surface area contributed by atoms with Crippen molar-refractivity contribution in [2.24, 2.45) is 23.7 Å². The number of aliphatic carboxylic acids is 1. The molecule has 0 saturated heterocycles. The predicted octanol–water partition coefficient (Wildman–Crippen LogP) is 2.41. The van der Waals surface area contributed by atoms with Gasteiger partial charge in [0.25, 0.3) is 0 Å². The average molecular weight is 272 g/mol. The molecule has 0 spiro atoms. The third kappa shape index (κ3) is 1.83. The number of carboxylic acids is 1. The number of benzene rings is 1. The minimum absolute atomic E-state index is 0.0199. The zero-order valence-electron chi connectivity index (χ0n) is 11.1. The van der Waals surface area contributed by atoms with Crippen molar-refractivity contribution in [1.82, 2.24) is 0 Å². The molecule has 0 aromatic heterocycles. The van der Waals surface area contributed by atoms with E-state index in [4.69, 9.17) is 0 Å². The van der Waals surface area contributed by atoms with E-state index in [0.29, 0.717) is 0 Å². The van der Waals surface area contributed by atoms with Crippen LogP contribution < -0.4 is 0 Å². The summed E-state index contributed by atoms with van der Waals surface area (Å²) in [6, 6.07) is 4.84. The predicted molar refractivity (Wildman–Crippen MR) is 72.5 cm³/mol. The number of Topliss-reactive ketones (excluding diaryl/α,β-unsaturated/α-hetero) is 1. The average Bonchev–Trinajstić information content (AvgIpc) is 3.00. The number of carbonyl (C=O) groups is 2. The van der Waals surface area contributed by atoms with E-state index in [1.54, 1.807) is 12.1 Å². The molecule has 1 aromatic rings. The number of rotatable bonds is 3. The molecular weight excluding hydrogens is 256 g/mol. The standard InChI is InChI=1S/C16H16O4/c1-8-2-5-12(17)11(6-8)15(18)13-9-3-4-10(7-9)14(13)16(19)20/h2-6,9-10,13-14,17H,7H2,1H3,(H,19,20)/t9-,10-,13+,14-/m0/s1. The Morgan fingerprint density at radius 1 is 1.15 bits per heavy atom. The van der Waals surface area contributed by atoms with Gasteiger partial charge in [-0.1, -0.05) is 23.8 Å². The number of phenolic OH excluding ortho intramolecular Hbond substituents is 1. The Morgan fingerprint density at radius 3 is 2.45 bits per heavy atom. The van der Waals surface area contributed by atoms with Crippen molar-refractivity contribution in [1.29, 1.82) is 0 Å². The van der Waals surface area contributed by atoms with Crippen molar-refractivity contribution in [2.45, 2.75) is 13.3 Å². The number of allylic oxidation sites excluding steroid dienone is 2. The summed E-state index contributed by atoms with van der Waals surface area (Å²) in [6.07, 6.45) is 4.57. The normalized spacial score (nSPS) is 30.6. The zero-order chi connectivity index (χ0) is 14.4. The molecule has 1 saturated carbocycles. The summed E-state index contributed by atoms with van der Waals surface area (Å²) in [5.74, 6) is -2.56. The second kappa shape index (κ2) is 4.47. The number of ketones is 1. The topological polar surface area (TPSA) is 74.6 Å². The molecule has 1 aromatic carbocycles. The summed E-state index contributed by atoms with van der Waals surface area (Å²) < 4.78 is 0. The van der Waals surface area contributed by atoms with E-state index in [1.165, 1.54) is 6.07 Å². The Kier molecular flexibility index (Phi) is 2.89. The molecular formula is C16H16O4. The molecule has 2 aliphatic carbocycles. The van der Waals surface area contributed by atoms with Crippen LogP contribution in [0.15, 0.2) is 30.4 Å². The number of hydrogen-bond donors (Lipinski definition) is 2. The highest BCUT2D eigenvalue weighted by Crippen LogP contribution is 2.49. The highest BCUT2D eigenvalue weighted by Gasteiger charge is 2.51. The van der Waals surface area contributed by atoms with Crippen LogP contribution in [0, 0.1) is 30.6 Å². The summed E-state index contributed by atoms with van der Waals surface area (Å²) >= 11 is 0. The van der Waals surface area contributed by atoms with E-state index < -0.39 is 17.8 Å². The number of aromatic hydroxyl groups is 1. The molecule has 0 amide bonds. The van der Waals surface area contributed by atoms with Gasteiger partial charge in [-0.2, -0.15) is 0 Å². The van der Waals surface area contributed by atoms with Crippen molar-refractivity contribution in [3.63, 3.8) is 0 Å². The minimum atomic E-state index is -0.924. The van der Waals surface area contributed by atoms with Crippen LogP contribution >= 0.6 is 0 Å². The zero-order valence-corrected chi connectivity index (χ0v) is 11.1. The van der Waals surface area contributed by atoms with Crippen LogP contribution in [0.1, 0.15) is 22.3 Å². The van der Waals surface area contributed by atoms with Gasteiger partial charge in [0, 0.05) is 5.92 Å². The van der Waals surface area contributed by atoms with Crippen LogP contribution in [0.25, 0.3) is 0 Å². The van der Waals surface area contributed by atoms with Crippen molar-refractivity contribution in [2.75, 3.05) is 0 Å². The second-order valence-corrected chi connectivity index (χ2v) is 5.72. The number of carbonyl (C=O) groups excluding carboxylic acids is 1.